The Hall–Kier alpha value is -3.02. The standard InChI is InChI=1S/C22H27N3O3/c1-15-6-4-7-16(2)20(15)24-22(27)25-12-10-18(11-13-25)23-21(26)17-8-5-9-19(14-17)28-3/h4-9,14,18H,10-13H2,1-3H3,(H,23,26)(H,24,27). The predicted molar refractivity (Wildman–Crippen MR) is 110 cm³/mol. The van der Waals surface area contributed by atoms with E-state index in [0.717, 1.165) is 29.7 Å². The molecule has 0 spiro atoms. The Morgan fingerprint density at radius 1 is 1.04 bits per heavy atom. The number of nitrogens with zero attached hydrogens (tertiary/aromatic N) is 1. The Morgan fingerprint density at radius 3 is 2.32 bits per heavy atom. The van der Waals surface area contributed by atoms with E-state index in [9.17, 15) is 9.59 Å². The summed E-state index contributed by atoms with van der Waals surface area (Å²) in [5, 5.41) is 6.09. The number of amides is 3. The second-order valence-corrected chi connectivity index (χ2v) is 7.16. The average Bonchev–Trinajstić information content (AvgIpc) is 2.71. The molecule has 28 heavy (non-hydrogen) atoms. The van der Waals surface area contributed by atoms with Crippen molar-refractivity contribution in [2.24, 2.45) is 0 Å². The molecule has 0 atom stereocenters. The topological polar surface area (TPSA) is 70.7 Å². The number of benzene rings is 2. The molecular formula is C22H27N3O3. The van der Waals surface area contributed by atoms with Crippen LogP contribution in [0.2, 0.25) is 0 Å². The summed E-state index contributed by atoms with van der Waals surface area (Å²) < 4.78 is 5.17. The molecule has 0 aliphatic carbocycles. The van der Waals surface area contributed by atoms with Gasteiger partial charge < -0.3 is 20.3 Å². The molecule has 2 aromatic carbocycles. The lowest BCUT2D eigenvalue weighted by atomic mass is 10.0. The maximum absolute atomic E-state index is 12.6. The zero-order valence-electron chi connectivity index (χ0n) is 16.6. The summed E-state index contributed by atoms with van der Waals surface area (Å²) in [6.07, 6.45) is 1.46. The van der Waals surface area contributed by atoms with Crippen molar-refractivity contribution >= 4 is 17.6 Å². The quantitative estimate of drug-likeness (QED) is 0.848. The summed E-state index contributed by atoms with van der Waals surface area (Å²) in [5.74, 6) is 0.544. The van der Waals surface area contributed by atoms with Gasteiger partial charge in [-0.05, 0) is 56.0 Å². The van der Waals surface area contributed by atoms with Crippen molar-refractivity contribution in [3.63, 3.8) is 0 Å². The minimum absolute atomic E-state index is 0.0583. The molecule has 1 aliphatic heterocycles. The van der Waals surface area contributed by atoms with E-state index < -0.39 is 0 Å². The number of nitrogens with one attached hydrogen (secondary N) is 2. The summed E-state index contributed by atoms with van der Waals surface area (Å²) in [6.45, 7) is 5.20. The van der Waals surface area contributed by atoms with Crippen LogP contribution < -0.4 is 15.4 Å². The van der Waals surface area contributed by atoms with E-state index in [0.29, 0.717) is 24.4 Å². The number of ether oxygens (including phenoxy) is 1. The Kier molecular flexibility index (Phi) is 6.19. The van der Waals surface area contributed by atoms with Gasteiger partial charge in [0.25, 0.3) is 5.91 Å². The van der Waals surface area contributed by atoms with Gasteiger partial charge in [0.1, 0.15) is 5.75 Å². The first-order valence-electron chi connectivity index (χ1n) is 9.55. The van der Waals surface area contributed by atoms with E-state index in [1.807, 2.05) is 38.1 Å². The Bertz CT molecular complexity index is 838. The number of anilines is 1. The predicted octanol–water partition coefficient (Wildman–Crippen LogP) is 3.74. The highest BCUT2D eigenvalue weighted by atomic mass is 16.5. The highest BCUT2D eigenvalue weighted by molar-refractivity contribution is 5.95. The highest BCUT2D eigenvalue weighted by Gasteiger charge is 2.24. The number of likely N-dealkylation sites (tertiary alicyclic amines) is 1. The molecule has 2 N–H and O–H groups in total. The van der Waals surface area contributed by atoms with Crippen LogP contribution >= 0.6 is 0 Å². The Labute approximate surface area is 165 Å². The normalized spacial score (nSPS) is 14.5. The lowest BCUT2D eigenvalue weighted by Gasteiger charge is -2.32. The van der Waals surface area contributed by atoms with Crippen LogP contribution in [-0.4, -0.2) is 43.1 Å². The molecule has 0 unspecified atom stereocenters. The smallest absolute Gasteiger partial charge is 0.321 e. The molecule has 0 aromatic heterocycles. The summed E-state index contributed by atoms with van der Waals surface area (Å²) in [5.41, 5.74) is 3.55. The second-order valence-electron chi connectivity index (χ2n) is 7.16. The third kappa shape index (κ3) is 4.63. The van der Waals surface area contributed by atoms with E-state index in [1.165, 1.54) is 0 Å². The average molecular weight is 381 g/mol. The van der Waals surface area contributed by atoms with E-state index in [1.54, 1.807) is 30.2 Å². The molecule has 1 saturated heterocycles. The third-order valence-electron chi connectivity index (χ3n) is 5.16. The third-order valence-corrected chi connectivity index (χ3v) is 5.16. The number of piperidine rings is 1. The van der Waals surface area contributed by atoms with Crippen LogP contribution in [0.5, 0.6) is 5.75 Å². The molecule has 0 radical (unpaired) electrons. The molecular weight excluding hydrogens is 354 g/mol. The van der Waals surface area contributed by atoms with Crippen molar-refractivity contribution in [1.82, 2.24) is 10.2 Å². The maximum atomic E-state index is 12.6. The number of carbonyl (C=O) groups excluding carboxylic acids is 2. The summed E-state index contributed by atoms with van der Waals surface area (Å²) in [4.78, 5) is 26.9. The molecule has 6 nitrogen and oxygen atoms in total. The summed E-state index contributed by atoms with van der Waals surface area (Å²) in [7, 11) is 1.58. The highest BCUT2D eigenvalue weighted by Crippen LogP contribution is 2.21. The summed E-state index contributed by atoms with van der Waals surface area (Å²) >= 11 is 0. The zero-order valence-corrected chi connectivity index (χ0v) is 16.6. The van der Waals surface area contributed by atoms with Gasteiger partial charge in [0.2, 0.25) is 0 Å². The molecule has 6 heteroatoms. The molecule has 3 amide bonds. The van der Waals surface area contributed by atoms with Crippen molar-refractivity contribution in [2.75, 3.05) is 25.5 Å². The van der Waals surface area contributed by atoms with Crippen LogP contribution in [-0.2, 0) is 0 Å². The summed E-state index contributed by atoms with van der Waals surface area (Å²) in [6, 6.07) is 13.0. The molecule has 1 heterocycles. The number of carbonyl (C=O) groups is 2. The second kappa shape index (κ2) is 8.78. The number of hydrogen-bond donors (Lipinski definition) is 2. The molecule has 2 aromatic rings. The van der Waals surface area contributed by atoms with Gasteiger partial charge in [0, 0.05) is 30.4 Å². The van der Waals surface area contributed by atoms with Crippen molar-refractivity contribution in [2.45, 2.75) is 32.7 Å². The van der Waals surface area contributed by atoms with Gasteiger partial charge in [-0.3, -0.25) is 4.79 Å². The van der Waals surface area contributed by atoms with E-state index in [-0.39, 0.29) is 18.0 Å². The number of aryl methyl sites for hydroxylation is 2. The maximum Gasteiger partial charge on any atom is 0.321 e. The van der Waals surface area contributed by atoms with Gasteiger partial charge in [-0.15, -0.1) is 0 Å². The van der Waals surface area contributed by atoms with E-state index in [2.05, 4.69) is 10.6 Å². The fourth-order valence-corrected chi connectivity index (χ4v) is 3.46. The van der Waals surface area contributed by atoms with E-state index in [4.69, 9.17) is 4.74 Å². The van der Waals surface area contributed by atoms with Crippen molar-refractivity contribution < 1.29 is 14.3 Å². The van der Waals surface area contributed by atoms with Gasteiger partial charge in [-0.25, -0.2) is 4.79 Å². The van der Waals surface area contributed by atoms with Gasteiger partial charge >= 0.3 is 6.03 Å². The number of hydrogen-bond acceptors (Lipinski definition) is 3. The first-order chi connectivity index (χ1) is 13.5. The van der Waals surface area contributed by atoms with Gasteiger partial charge in [0.15, 0.2) is 0 Å². The minimum Gasteiger partial charge on any atom is -0.497 e. The van der Waals surface area contributed by atoms with Crippen LogP contribution in [0, 0.1) is 13.8 Å². The van der Waals surface area contributed by atoms with Gasteiger partial charge in [0.05, 0.1) is 7.11 Å². The molecule has 0 saturated carbocycles. The Morgan fingerprint density at radius 2 is 1.68 bits per heavy atom. The van der Waals surface area contributed by atoms with Crippen LogP contribution in [0.3, 0.4) is 0 Å². The van der Waals surface area contributed by atoms with Crippen LogP contribution in [0.1, 0.15) is 34.3 Å². The first-order valence-corrected chi connectivity index (χ1v) is 9.55. The van der Waals surface area contributed by atoms with Crippen molar-refractivity contribution in [3.05, 3.63) is 59.2 Å². The number of para-hydroxylation sites is 1. The van der Waals surface area contributed by atoms with Crippen LogP contribution in [0.25, 0.3) is 0 Å². The van der Waals surface area contributed by atoms with Gasteiger partial charge in [-0.2, -0.15) is 0 Å². The SMILES string of the molecule is COc1cccc(C(=O)NC2CCN(C(=O)Nc3c(C)cccc3C)CC2)c1. The largest absolute Gasteiger partial charge is 0.497 e. The Balaban J connectivity index is 1.52. The fraction of sp³-hybridized carbons (Fsp3) is 0.364. The molecule has 1 fully saturated rings. The van der Waals surface area contributed by atoms with Crippen molar-refractivity contribution in [3.8, 4) is 5.75 Å². The zero-order chi connectivity index (χ0) is 20.1. The molecule has 0 bridgehead atoms. The van der Waals surface area contributed by atoms with E-state index >= 15 is 0 Å². The fourth-order valence-electron chi connectivity index (χ4n) is 3.46. The lowest BCUT2D eigenvalue weighted by molar-refractivity contribution is 0.0919. The van der Waals surface area contributed by atoms with Crippen molar-refractivity contribution in [1.29, 1.82) is 0 Å². The molecule has 3 rings (SSSR count). The lowest BCUT2D eigenvalue weighted by Crippen LogP contribution is -2.47. The van der Waals surface area contributed by atoms with Gasteiger partial charge in [-0.1, -0.05) is 24.3 Å². The minimum atomic E-state index is -0.114. The number of methoxy groups -OCH3 is 1. The number of urea groups is 1. The molecule has 148 valence electrons. The number of rotatable bonds is 4. The monoisotopic (exact) mass is 381 g/mol. The van der Waals surface area contributed by atoms with Crippen LogP contribution in [0.15, 0.2) is 42.5 Å². The first kappa shape index (κ1) is 19.7. The van der Waals surface area contributed by atoms with Crippen LogP contribution in [0.4, 0.5) is 10.5 Å². The molecule has 1 aliphatic rings.